The van der Waals surface area contributed by atoms with E-state index in [0.717, 1.165) is 14.5 Å². The number of rotatable bonds is 6. The second kappa shape index (κ2) is 9.59. The molecule has 8 heteroatoms. The van der Waals surface area contributed by atoms with Gasteiger partial charge < -0.3 is 9.47 Å². The first kappa shape index (κ1) is 20.3. The van der Waals surface area contributed by atoms with E-state index in [0.29, 0.717) is 23.7 Å². The molecule has 0 aliphatic rings. The monoisotopic (exact) mass is 484 g/mol. The Labute approximate surface area is 168 Å². The molecule has 0 heterocycles. The van der Waals surface area contributed by atoms with E-state index in [1.54, 1.807) is 24.3 Å². The first-order valence-electron chi connectivity index (χ1n) is 7.81. The van der Waals surface area contributed by atoms with Gasteiger partial charge in [0.05, 0.1) is 16.6 Å². The lowest BCUT2D eigenvalue weighted by molar-refractivity contribution is -0.123. The average molecular weight is 486 g/mol. The van der Waals surface area contributed by atoms with Gasteiger partial charge in [0.1, 0.15) is 11.5 Å². The van der Waals surface area contributed by atoms with E-state index in [1.807, 2.05) is 26.0 Å². The molecule has 0 aliphatic heterocycles. The van der Waals surface area contributed by atoms with Crippen molar-refractivity contribution >= 4 is 43.7 Å². The van der Waals surface area contributed by atoms with Crippen molar-refractivity contribution in [1.29, 1.82) is 0 Å². The van der Waals surface area contributed by atoms with Crippen LogP contribution in [0.2, 0.25) is 0 Å². The van der Waals surface area contributed by atoms with Crippen LogP contribution in [0.3, 0.4) is 0 Å². The van der Waals surface area contributed by atoms with Gasteiger partial charge in [0.15, 0.2) is 6.61 Å². The Morgan fingerprint density at radius 3 is 2.50 bits per heavy atom. The molecular formula is C18H18Br2N2O4. The average Bonchev–Trinajstić information content (AvgIpc) is 2.59. The Morgan fingerprint density at radius 2 is 1.81 bits per heavy atom. The van der Waals surface area contributed by atoms with E-state index in [2.05, 4.69) is 42.7 Å². The van der Waals surface area contributed by atoms with Crippen molar-refractivity contribution in [2.45, 2.75) is 13.8 Å². The van der Waals surface area contributed by atoms with Crippen LogP contribution in [0, 0.1) is 6.92 Å². The Balaban J connectivity index is 1.90. The van der Waals surface area contributed by atoms with Gasteiger partial charge >= 0.3 is 0 Å². The molecule has 26 heavy (non-hydrogen) atoms. The predicted octanol–water partition coefficient (Wildman–Crippen LogP) is 3.76. The third kappa shape index (κ3) is 5.47. The molecule has 0 aromatic heterocycles. The summed E-state index contributed by atoms with van der Waals surface area (Å²) in [7, 11) is 0. The lowest BCUT2D eigenvalue weighted by Gasteiger charge is -2.13. The van der Waals surface area contributed by atoms with Gasteiger partial charge in [0.2, 0.25) is 0 Å². The Morgan fingerprint density at radius 1 is 1.08 bits per heavy atom. The summed E-state index contributed by atoms with van der Waals surface area (Å²) in [5, 5.41) is 0. The van der Waals surface area contributed by atoms with E-state index in [4.69, 9.17) is 9.47 Å². The third-order valence-corrected chi connectivity index (χ3v) is 4.34. The molecule has 2 aromatic carbocycles. The Bertz CT molecular complexity index is 789. The largest absolute Gasteiger partial charge is 0.493 e. The standard InChI is InChI=1S/C18H18Br2N2O4/c1-3-25-15-7-5-4-6-13(15)18(24)22-21-16(23)10-26-17-11(2)8-12(19)9-14(17)20/h4-9H,3,10H2,1-2H3,(H,21,23)(H,22,24). The van der Waals surface area contributed by atoms with Crippen LogP contribution in [0.4, 0.5) is 0 Å². The first-order chi connectivity index (χ1) is 12.4. The van der Waals surface area contributed by atoms with Crippen LogP contribution in [0.1, 0.15) is 22.8 Å². The Kier molecular flexibility index (Phi) is 7.47. The summed E-state index contributed by atoms with van der Waals surface area (Å²) < 4.78 is 12.6. The van der Waals surface area contributed by atoms with Gasteiger partial charge in [-0.25, -0.2) is 0 Å². The number of aryl methyl sites for hydroxylation is 1. The highest BCUT2D eigenvalue weighted by molar-refractivity contribution is 9.11. The van der Waals surface area contributed by atoms with E-state index in [9.17, 15) is 9.59 Å². The van der Waals surface area contributed by atoms with Crippen molar-refractivity contribution in [1.82, 2.24) is 10.9 Å². The van der Waals surface area contributed by atoms with Crippen LogP contribution in [0.15, 0.2) is 45.3 Å². The molecule has 0 unspecified atom stereocenters. The number of hydrogen-bond donors (Lipinski definition) is 2. The molecule has 2 amide bonds. The number of hydrazine groups is 1. The van der Waals surface area contributed by atoms with Crippen LogP contribution in [0.5, 0.6) is 11.5 Å². The highest BCUT2D eigenvalue weighted by Gasteiger charge is 2.14. The quantitative estimate of drug-likeness (QED) is 0.611. The van der Waals surface area contributed by atoms with Crippen LogP contribution in [-0.4, -0.2) is 25.0 Å². The van der Waals surface area contributed by atoms with Crippen LogP contribution >= 0.6 is 31.9 Å². The summed E-state index contributed by atoms with van der Waals surface area (Å²) in [6.07, 6.45) is 0. The number of nitrogens with one attached hydrogen (secondary N) is 2. The van der Waals surface area contributed by atoms with Gasteiger partial charge in [-0.3, -0.25) is 20.4 Å². The fourth-order valence-corrected chi connectivity index (χ4v) is 3.73. The van der Waals surface area contributed by atoms with Crippen molar-refractivity contribution in [3.05, 3.63) is 56.5 Å². The zero-order valence-corrected chi connectivity index (χ0v) is 17.4. The van der Waals surface area contributed by atoms with E-state index < -0.39 is 11.8 Å². The maximum Gasteiger partial charge on any atom is 0.276 e. The number of carbonyl (C=O) groups is 2. The summed E-state index contributed by atoms with van der Waals surface area (Å²) >= 11 is 6.78. The molecule has 0 fully saturated rings. The lowest BCUT2D eigenvalue weighted by Crippen LogP contribution is -2.44. The zero-order valence-electron chi connectivity index (χ0n) is 14.3. The number of carbonyl (C=O) groups excluding carboxylic acids is 2. The maximum absolute atomic E-state index is 12.2. The molecule has 2 aromatic rings. The fourth-order valence-electron chi connectivity index (χ4n) is 2.17. The third-order valence-electron chi connectivity index (χ3n) is 3.29. The van der Waals surface area contributed by atoms with Gasteiger partial charge in [0, 0.05) is 4.47 Å². The zero-order chi connectivity index (χ0) is 19.1. The van der Waals surface area contributed by atoms with Crippen molar-refractivity contribution in [2.24, 2.45) is 0 Å². The topological polar surface area (TPSA) is 76.7 Å². The highest BCUT2D eigenvalue weighted by atomic mass is 79.9. The fraction of sp³-hybridized carbons (Fsp3) is 0.222. The number of para-hydroxylation sites is 1. The number of halogens is 2. The van der Waals surface area contributed by atoms with E-state index >= 15 is 0 Å². The minimum atomic E-state index is -0.485. The minimum absolute atomic E-state index is 0.242. The summed E-state index contributed by atoms with van der Waals surface area (Å²) in [6.45, 7) is 3.89. The summed E-state index contributed by atoms with van der Waals surface area (Å²) in [4.78, 5) is 24.2. The van der Waals surface area contributed by atoms with Crippen LogP contribution < -0.4 is 20.3 Å². The molecule has 0 atom stereocenters. The van der Waals surface area contributed by atoms with Crippen molar-refractivity contribution in [2.75, 3.05) is 13.2 Å². The number of hydrogen-bond acceptors (Lipinski definition) is 4. The van der Waals surface area contributed by atoms with Crippen LogP contribution in [-0.2, 0) is 4.79 Å². The molecule has 0 spiro atoms. The number of amides is 2. The molecule has 6 nitrogen and oxygen atoms in total. The molecule has 0 bridgehead atoms. The number of ether oxygens (including phenoxy) is 2. The molecule has 0 radical (unpaired) electrons. The highest BCUT2D eigenvalue weighted by Crippen LogP contribution is 2.32. The van der Waals surface area contributed by atoms with E-state index in [-0.39, 0.29) is 6.61 Å². The minimum Gasteiger partial charge on any atom is -0.493 e. The predicted molar refractivity (Wildman–Crippen MR) is 105 cm³/mol. The van der Waals surface area contributed by atoms with Gasteiger partial charge in [-0.2, -0.15) is 0 Å². The van der Waals surface area contributed by atoms with Crippen molar-refractivity contribution in [3.8, 4) is 11.5 Å². The maximum atomic E-state index is 12.2. The normalized spacial score (nSPS) is 10.2. The van der Waals surface area contributed by atoms with Gasteiger partial charge in [0.25, 0.3) is 11.8 Å². The molecule has 0 saturated heterocycles. The Hall–Kier alpha value is -2.06. The summed E-state index contributed by atoms with van der Waals surface area (Å²) in [5.41, 5.74) is 5.89. The molecule has 2 rings (SSSR count). The van der Waals surface area contributed by atoms with E-state index in [1.165, 1.54) is 0 Å². The first-order valence-corrected chi connectivity index (χ1v) is 9.40. The summed E-state index contributed by atoms with van der Waals surface area (Å²) in [6, 6.07) is 10.5. The molecular weight excluding hydrogens is 468 g/mol. The molecule has 138 valence electrons. The molecule has 0 aliphatic carbocycles. The van der Waals surface area contributed by atoms with Crippen molar-refractivity contribution in [3.63, 3.8) is 0 Å². The lowest BCUT2D eigenvalue weighted by atomic mass is 10.2. The van der Waals surface area contributed by atoms with Gasteiger partial charge in [-0.05, 0) is 59.6 Å². The van der Waals surface area contributed by atoms with Gasteiger partial charge in [-0.15, -0.1) is 0 Å². The second-order valence-corrected chi connectivity index (χ2v) is 7.02. The van der Waals surface area contributed by atoms with Crippen LogP contribution in [0.25, 0.3) is 0 Å². The molecule has 2 N–H and O–H groups in total. The smallest absolute Gasteiger partial charge is 0.276 e. The molecule has 0 saturated carbocycles. The number of benzene rings is 2. The summed E-state index contributed by atoms with van der Waals surface area (Å²) in [5.74, 6) is 0.0636. The second-order valence-electron chi connectivity index (χ2n) is 5.25. The van der Waals surface area contributed by atoms with Crippen molar-refractivity contribution < 1.29 is 19.1 Å². The SMILES string of the molecule is CCOc1ccccc1C(=O)NNC(=O)COc1c(C)cc(Br)cc1Br. The van der Waals surface area contributed by atoms with Gasteiger partial charge in [-0.1, -0.05) is 28.1 Å².